The van der Waals surface area contributed by atoms with Crippen LogP contribution in [0.5, 0.6) is 0 Å². The summed E-state index contributed by atoms with van der Waals surface area (Å²) in [6.45, 7) is 0. The molecule has 0 radical (unpaired) electrons. The van der Waals surface area contributed by atoms with Crippen LogP contribution in [0.1, 0.15) is 0 Å². The lowest BCUT2D eigenvalue weighted by atomic mass is 10.0. The lowest BCUT2D eigenvalue weighted by molar-refractivity contribution is -0.384. The molecule has 0 aliphatic rings. The predicted octanol–water partition coefficient (Wildman–Crippen LogP) is 3.58. The van der Waals surface area contributed by atoms with Crippen LogP contribution < -0.4 is 5.73 Å². The zero-order chi connectivity index (χ0) is 17.4. The number of non-ortho nitro benzene ring substituents is 1. The molecule has 2 N–H and O–H groups in total. The minimum atomic E-state index is -0.394. The van der Waals surface area contributed by atoms with Crippen molar-refractivity contribution in [2.75, 3.05) is 5.73 Å². The van der Waals surface area contributed by atoms with Crippen LogP contribution in [0, 0.1) is 10.1 Å². The van der Waals surface area contributed by atoms with Gasteiger partial charge in [-0.25, -0.2) is 4.98 Å². The van der Waals surface area contributed by atoms with Gasteiger partial charge in [0.05, 0.1) is 10.4 Å². The number of hydrogen-bond acceptors (Lipinski definition) is 5. The largest absolute Gasteiger partial charge is 0.368 e. The Morgan fingerprint density at radius 2 is 1.88 bits per heavy atom. The van der Waals surface area contributed by atoms with Crippen molar-refractivity contribution in [3.63, 3.8) is 0 Å². The average Bonchev–Trinajstić information content (AvgIpc) is 3.05. The van der Waals surface area contributed by atoms with Gasteiger partial charge < -0.3 is 10.3 Å². The summed E-state index contributed by atoms with van der Waals surface area (Å²) < 4.78 is 1.91. The van der Waals surface area contributed by atoms with Crippen LogP contribution in [-0.2, 0) is 0 Å². The van der Waals surface area contributed by atoms with Gasteiger partial charge in [-0.05, 0) is 29.3 Å². The van der Waals surface area contributed by atoms with Gasteiger partial charge in [0.1, 0.15) is 5.82 Å². The van der Waals surface area contributed by atoms with Crippen LogP contribution in [0.3, 0.4) is 0 Å². The van der Waals surface area contributed by atoms with Crippen molar-refractivity contribution in [3.8, 4) is 16.9 Å². The monoisotopic (exact) mass is 331 g/mol. The van der Waals surface area contributed by atoms with E-state index in [2.05, 4.69) is 9.97 Å². The zero-order valence-corrected chi connectivity index (χ0v) is 13.0. The molecule has 0 spiro atoms. The molecule has 0 unspecified atom stereocenters. The van der Waals surface area contributed by atoms with Crippen LogP contribution in [0.4, 0.5) is 11.6 Å². The number of benzene rings is 2. The maximum absolute atomic E-state index is 11.0. The van der Waals surface area contributed by atoms with E-state index in [9.17, 15) is 10.1 Å². The molecule has 0 fully saturated rings. The third-order valence-corrected chi connectivity index (χ3v) is 3.99. The Morgan fingerprint density at radius 3 is 2.68 bits per heavy atom. The summed E-state index contributed by atoms with van der Waals surface area (Å²) in [5, 5.41) is 12.0. The maximum atomic E-state index is 11.0. The van der Waals surface area contributed by atoms with Crippen molar-refractivity contribution in [1.29, 1.82) is 0 Å². The van der Waals surface area contributed by atoms with Gasteiger partial charge in [0.2, 0.25) is 5.95 Å². The minimum absolute atomic E-state index is 0.0663. The highest BCUT2D eigenvalue weighted by Gasteiger charge is 2.10. The van der Waals surface area contributed by atoms with E-state index in [1.54, 1.807) is 24.4 Å². The Morgan fingerprint density at radius 1 is 1.04 bits per heavy atom. The van der Waals surface area contributed by atoms with Gasteiger partial charge in [-0.2, -0.15) is 4.98 Å². The summed E-state index contributed by atoms with van der Waals surface area (Å²) in [5.74, 6) is 0.868. The Labute approximate surface area is 142 Å². The van der Waals surface area contributed by atoms with Crippen LogP contribution in [-0.4, -0.2) is 19.5 Å². The van der Waals surface area contributed by atoms with E-state index in [1.165, 1.54) is 6.07 Å². The fraction of sp³-hybridized carbons (Fsp3) is 0. The molecule has 0 aliphatic heterocycles. The Bertz CT molecular complexity index is 1100. The number of rotatable bonds is 3. The molecule has 7 nitrogen and oxygen atoms in total. The molecule has 2 aromatic heterocycles. The van der Waals surface area contributed by atoms with Gasteiger partial charge in [0.15, 0.2) is 0 Å². The highest BCUT2D eigenvalue weighted by atomic mass is 16.6. The fourth-order valence-electron chi connectivity index (χ4n) is 2.80. The summed E-state index contributed by atoms with van der Waals surface area (Å²) in [7, 11) is 0. The molecular weight excluding hydrogens is 318 g/mol. The van der Waals surface area contributed by atoms with Gasteiger partial charge in [-0.3, -0.25) is 10.1 Å². The molecule has 25 heavy (non-hydrogen) atoms. The van der Waals surface area contributed by atoms with Crippen LogP contribution in [0.25, 0.3) is 27.8 Å². The number of nitro groups is 1. The number of aromatic nitrogens is 3. The average molecular weight is 331 g/mol. The van der Waals surface area contributed by atoms with Crippen LogP contribution in [0.15, 0.2) is 67.0 Å². The second kappa shape index (κ2) is 5.72. The molecule has 0 atom stereocenters. The molecule has 0 saturated heterocycles. The number of nitrogens with zero attached hydrogens (tertiary/aromatic N) is 4. The molecule has 2 aromatic carbocycles. The summed E-state index contributed by atoms with van der Waals surface area (Å²) in [6, 6.07) is 16.2. The molecule has 0 bridgehead atoms. The Balaban J connectivity index is 1.86. The number of nitrogen functional groups attached to an aromatic ring is 1. The van der Waals surface area contributed by atoms with Gasteiger partial charge in [-0.15, -0.1) is 0 Å². The lowest BCUT2D eigenvalue weighted by Gasteiger charge is -2.07. The van der Waals surface area contributed by atoms with Crippen molar-refractivity contribution in [1.82, 2.24) is 14.5 Å². The van der Waals surface area contributed by atoms with E-state index in [-0.39, 0.29) is 11.6 Å². The van der Waals surface area contributed by atoms with Gasteiger partial charge in [0.25, 0.3) is 5.69 Å². The molecule has 2 heterocycles. The number of nitrogens with two attached hydrogens (primary N) is 1. The molecule has 7 heteroatoms. The van der Waals surface area contributed by atoms with E-state index in [0.29, 0.717) is 5.82 Å². The van der Waals surface area contributed by atoms with E-state index in [0.717, 1.165) is 22.0 Å². The maximum Gasteiger partial charge on any atom is 0.270 e. The number of anilines is 1. The molecule has 4 rings (SSSR count). The van der Waals surface area contributed by atoms with Gasteiger partial charge >= 0.3 is 0 Å². The molecule has 0 amide bonds. The van der Waals surface area contributed by atoms with Crippen LogP contribution >= 0.6 is 0 Å². The SMILES string of the molecule is Nc1nccc(-n2ccc3ccc(-c4cccc([N+](=O)[O-])c4)cc32)n1. The van der Waals surface area contributed by atoms with E-state index >= 15 is 0 Å². The van der Waals surface area contributed by atoms with E-state index in [4.69, 9.17) is 5.73 Å². The Hall–Kier alpha value is -3.74. The highest BCUT2D eigenvalue weighted by Crippen LogP contribution is 2.28. The van der Waals surface area contributed by atoms with Crippen molar-refractivity contribution < 1.29 is 4.92 Å². The van der Waals surface area contributed by atoms with Crippen molar-refractivity contribution in [3.05, 3.63) is 77.1 Å². The fourth-order valence-corrected chi connectivity index (χ4v) is 2.80. The smallest absolute Gasteiger partial charge is 0.270 e. The summed E-state index contributed by atoms with van der Waals surface area (Å²) in [5.41, 5.74) is 8.34. The minimum Gasteiger partial charge on any atom is -0.368 e. The molecule has 122 valence electrons. The third kappa shape index (κ3) is 2.67. The first-order chi connectivity index (χ1) is 12.1. The summed E-state index contributed by atoms with van der Waals surface area (Å²) in [6.07, 6.45) is 3.51. The molecule has 0 saturated carbocycles. The summed E-state index contributed by atoms with van der Waals surface area (Å²) >= 11 is 0. The second-order valence-electron chi connectivity index (χ2n) is 5.54. The first-order valence-electron chi connectivity index (χ1n) is 7.57. The zero-order valence-electron chi connectivity index (χ0n) is 13.0. The topological polar surface area (TPSA) is 99.9 Å². The number of hydrogen-bond donors (Lipinski definition) is 1. The highest BCUT2D eigenvalue weighted by molar-refractivity contribution is 5.87. The number of fused-ring (bicyclic) bond motifs is 1. The third-order valence-electron chi connectivity index (χ3n) is 3.99. The van der Waals surface area contributed by atoms with Gasteiger partial charge in [0, 0.05) is 29.9 Å². The van der Waals surface area contributed by atoms with Crippen molar-refractivity contribution in [2.45, 2.75) is 0 Å². The van der Waals surface area contributed by atoms with Crippen LogP contribution in [0.2, 0.25) is 0 Å². The van der Waals surface area contributed by atoms with E-state index in [1.807, 2.05) is 41.1 Å². The standard InChI is InChI=1S/C18H13N5O2/c19-18-20-8-6-17(21-18)22-9-7-12-4-5-14(11-16(12)22)13-2-1-3-15(10-13)23(24)25/h1-11H,(H2,19,20,21). The number of nitro benzene ring substituents is 1. The van der Waals surface area contributed by atoms with Crippen molar-refractivity contribution >= 4 is 22.5 Å². The van der Waals surface area contributed by atoms with Crippen molar-refractivity contribution in [2.24, 2.45) is 0 Å². The summed E-state index contributed by atoms with van der Waals surface area (Å²) in [4.78, 5) is 18.8. The molecule has 0 aliphatic carbocycles. The van der Waals surface area contributed by atoms with Gasteiger partial charge in [-0.1, -0.05) is 24.3 Å². The first kappa shape index (κ1) is 14.8. The predicted molar refractivity (Wildman–Crippen MR) is 95.4 cm³/mol. The lowest BCUT2D eigenvalue weighted by Crippen LogP contribution is -2.00. The molecular formula is C18H13N5O2. The normalized spacial score (nSPS) is 10.9. The van der Waals surface area contributed by atoms with E-state index < -0.39 is 4.92 Å². The quantitative estimate of drug-likeness (QED) is 0.457. The second-order valence-corrected chi connectivity index (χ2v) is 5.54. The Kier molecular flexibility index (Phi) is 3.39. The first-order valence-corrected chi connectivity index (χ1v) is 7.57. The molecule has 4 aromatic rings.